The molecule has 0 N–H and O–H groups in total. The van der Waals surface area contributed by atoms with Crippen molar-refractivity contribution >= 4 is 43.5 Å². The van der Waals surface area contributed by atoms with Crippen LogP contribution in [0.5, 0.6) is 0 Å². The molecule has 8 rings (SSSR count). The maximum absolute atomic E-state index is 9.26. The summed E-state index contributed by atoms with van der Waals surface area (Å²) >= 11 is 0. The summed E-state index contributed by atoms with van der Waals surface area (Å²) in [6.45, 7) is 0. The van der Waals surface area contributed by atoms with Gasteiger partial charge >= 0.3 is 0 Å². The quantitative estimate of drug-likeness (QED) is 0.214. The van der Waals surface area contributed by atoms with Gasteiger partial charge in [-0.3, -0.25) is 0 Å². The molecule has 1 heterocycles. The van der Waals surface area contributed by atoms with Gasteiger partial charge in [-0.05, 0) is 73.1 Å². The normalized spacial score (nSPS) is 18.1. The van der Waals surface area contributed by atoms with E-state index in [1.165, 1.54) is 12.1 Å². The van der Waals surface area contributed by atoms with Crippen molar-refractivity contribution in [1.82, 2.24) is 0 Å². The fourth-order valence-electron chi connectivity index (χ4n) is 5.10. The van der Waals surface area contributed by atoms with Gasteiger partial charge in [-0.2, -0.15) is 0 Å². The summed E-state index contributed by atoms with van der Waals surface area (Å²) in [4.78, 5) is 0. The first kappa shape index (κ1) is 10.6. The van der Waals surface area contributed by atoms with E-state index < -0.39 is 120 Å². The molecule has 8 aromatic rings. The Bertz CT molecular complexity index is 3030. The highest BCUT2D eigenvalue weighted by molar-refractivity contribution is 6.25. The van der Waals surface area contributed by atoms with E-state index in [4.69, 9.17) is 23.6 Å². The summed E-state index contributed by atoms with van der Waals surface area (Å²) in [7, 11) is 0. The third-order valence-electron chi connectivity index (χ3n) is 6.68. The van der Waals surface area contributed by atoms with Crippen molar-refractivity contribution in [2.45, 2.75) is 0 Å². The minimum absolute atomic E-state index is 0.0712. The Hall–Kier alpha value is -5.14. The lowest BCUT2D eigenvalue weighted by Gasteiger charge is -2.18. The fourth-order valence-corrected chi connectivity index (χ4v) is 5.10. The van der Waals surface area contributed by atoms with E-state index >= 15 is 0 Å². The van der Waals surface area contributed by atoms with E-state index in [9.17, 15) is 5.48 Å². The lowest BCUT2D eigenvalue weighted by atomic mass is 9.85. The van der Waals surface area contributed by atoms with Crippen molar-refractivity contribution in [3.05, 3.63) is 145 Å². The van der Waals surface area contributed by atoms with Crippen LogP contribution in [0.2, 0.25) is 0 Å². The van der Waals surface area contributed by atoms with Crippen LogP contribution in [0.25, 0.3) is 76.9 Å². The van der Waals surface area contributed by atoms with E-state index in [2.05, 4.69) is 0 Å². The largest absolute Gasteiger partial charge is 0.456 e. The molecule has 7 aromatic carbocycles. The van der Waals surface area contributed by atoms with Crippen LogP contribution < -0.4 is 0 Å². The zero-order chi connectivity index (χ0) is 41.4. The van der Waals surface area contributed by atoms with E-state index in [1.807, 2.05) is 0 Å². The van der Waals surface area contributed by atoms with Crippen LogP contribution >= 0.6 is 0 Å². The summed E-state index contributed by atoms with van der Waals surface area (Å²) in [6, 6.07) is -2.44. The molecule has 0 unspecified atom stereocenters. The predicted molar refractivity (Wildman–Crippen MR) is 165 cm³/mol. The highest BCUT2D eigenvalue weighted by atomic mass is 16.3. The van der Waals surface area contributed by atoms with Crippen LogP contribution in [0.1, 0.15) is 24.7 Å². The van der Waals surface area contributed by atoms with Crippen molar-refractivity contribution in [2.75, 3.05) is 0 Å². The van der Waals surface area contributed by atoms with Gasteiger partial charge < -0.3 is 4.42 Å². The number of fused-ring (bicyclic) bond motifs is 5. The first-order chi connectivity index (χ1) is 26.8. The van der Waals surface area contributed by atoms with E-state index in [0.29, 0.717) is 10.8 Å². The SMILES string of the molecule is [2H]c1c([2H])c([2H])c(-c2ccc3c(c2)oc2cccc(-c4c5c([2H])c([2H])c([2H])c([2H])c5c(-c5c([2H])c([2H])c([2H])c([2H])c5[2H])c5c([2H])c([2H])c([2H])c([2H])c45)c23)c([2H])c1[2H]. The van der Waals surface area contributed by atoms with Gasteiger partial charge in [-0.15, -0.1) is 0 Å². The van der Waals surface area contributed by atoms with Crippen LogP contribution in [-0.2, 0) is 0 Å². The van der Waals surface area contributed by atoms with Gasteiger partial charge in [0, 0.05) is 10.8 Å². The summed E-state index contributed by atoms with van der Waals surface area (Å²) in [5.41, 5.74) is -0.221. The Morgan fingerprint density at radius 2 is 1.00 bits per heavy atom. The molecule has 0 saturated heterocycles. The standard InChI is InChI=1S/C38H24O/c1-3-12-25(13-4-1)27-22-23-32-35(24-27)39-34-21-11-20-33(38(32)34)37-30-18-9-7-16-28(30)36(26-14-5-2-6-15-26)29-17-8-10-19-31(29)37/h1-24H/i1D,2D,3D,4D,5D,6D,7D,8D,9D,10D,12D,13D,14D,15D,16D,17D,18D,19D. The Labute approximate surface area is 251 Å². The third-order valence-corrected chi connectivity index (χ3v) is 6.68. The van der Waals surface area contributed by atoms with Crippen LogP contribution in [0.3, 0.4) is 0 Å². The highest BCUT2D eigenvalue weighted by Crippen LogP contribution is 2.46. The van der Waals surface area contributed by atoms with E-state index in [1.54, 1.807) is 24.3 Å². The molecule has 0 amide bonds. The second kappa shape index (κ2) is 8.72. The van der Waals surface area contributed by atoms with Gasteiger partial charge in [0.25, 0.3) is 0 Å². The zero-order valence-electron chi connectivity index (χ0n) is 37.9. The van der Waals surface area contributed by atoms with Gasteiger partial charge in [-0.25, -0.2) is 0 Å². The Kier molecular flexibility index (Phi) is 2.36. The fraction of sp³-hybridized carbons (Fsp3) is 0. The predicted octanol–water partition coefficient (Wildman–Crippen LogP) is 10.9. The van der Waals surface area contributed by atoms with Crippen LogP contribution in [0.15, 0.2) is 150 Å². The second-order valence-corrected chi connectivity index (χ2v) is 8.74. The maximum Gasteiger partial charge on any atom is 0.136 e. The first-order valence-corrected chi connectivity index (χ1v) is 11.9. The maximum atomic E-state index is 9.26. The van der Waals surface area contributed by atoms with Gasteiger partial charge in [0.05, 0.1) is 24.7 Å². The number of hydrogen-bond donors (Lipinski definition) is 0. The summed E-state index contributed by atoms with van der Waals surface area (Å²) in [6.07, 6.45) is 0. The van der Waals surface area contributed by atoms with Gasteiger partial charge in [0.15, 0.2) is 0 Å². The molecule has 0 fully saturated rings. The zero-order valence-corrected chi connectivity index (χ0v) is 19.9. The van der Waals surface area contributed by atoms with Gasteiger partial charge in [0.2, 0.25) is 0 Å². The molecular formula is C38H24O. The number of rotatable bonds is 3. The topological polar surface area (TPSA) is 13.1 Å². The molecule has 0 aliphatic heterocycles. The summed E-state index contributed by atoms with van der Waals surface area (Å²) < 4.78 is 162. The van der Waals surface area contributed by atoms with E-state index in [0.717, 1.165) is 0 Å². The molecule has 0 bridgehead atoms. The van der Waals surface area contributed by atoms with Crippen molar-refractivity contribution in [3.63, 3.8) is 0 Å². The monoisotopic (exact) mass is 514 g/mol. The molecule has 0 spiro atoms. The number of benzene rings is 7. The first-order valence-electron chi connectivity index (χ1n) is 20.9. The molecule has 1 nitrogen and oxygen atoms in total. The molecule has 39 heavy (non-hydrogen) atoms. The molecule has 0 radical (unpaired) electrons. The Balaban J connectivity index is 1.61. The molecule has 0 atom stereocenters. The van der Waals surface area contributed by atoms with Gasteiger partial charge in [-0.1, -0.05) is 127 Å². The summed E-state index contributed by atoms with van der Waals surface area (Å²) in [5.74, 6) is 0. The molecular weight excluding hydrogens is 472 g/mol. The van der Waals surface area contributed by atoms with Crippen molar-refractivity contribution < 1.29 is 29.1 Å². The lowest BCUT2D eigenvalue weighted by Crippen LogP contribution is -1.91. The molecule has 0 aliphatic carbocycles. The molecule has 0 saturated carbocycles. The highest BCUT2D eigenvalue weighted by Gasteiger charge is 2.20. The Morgan fingerprint density at radius 1 is 0.436 bits per heavy atom. The van der Waals surface area contributed by atoms with Crippen molar-refractivity contribution in [2.24, 2.45) is 0 Å². The average Bonchev–Trinajstić information content (AvgIpc) is 3.58. The molecule has 182 valence electrons. The minimum atomic E-state index is -0.768. The van der Waals surface area contributed by atoms with Gasteiger partial charge in [0.1, 0.15) is 11.2 Å². The van der Waals surface area contributed by atoms with Crippen LogP contribution in [-0.4, -0.2) is 0 Å². The number of hydrogen-bond acceptors (Lipinski definition) is 1. The van der Waals surface area contributed by atoms with E-state index in [-0.39, 0.29) is 55.0 Å². The minimum Gasteiger partial charge on any atom is -0.456 e. The lowest BCUT2D eigenvalue weighted by molar-refractivity contribution is 0.669. The van der Waals surface area contributed by atoms with Crippen molar-refractivity contribution in [3.8, 4) is 33.4 Å². The number of furan rings is 1. The van der Waals surface area contributed by atoms with Crippen LogP contribution in [0, 0.1) is 0 Å². The molecule has 1 aromatic heterocycles. The third kappa shape index (κ3) is 3.41. The second-order valence-electron chi connectivity index (χ2n) is 8.74. The molecule has 1 heteroatoms. The Morgan fingerprint density at radius 3 is 1.64 bits per heavy atom. The van der Waals surface area contributed by atoms with Crippen molar-refractivity contribution in [1.29, 1.82) is 0 Å². The van der Waals surface area contributed by atoms with Crippen LogP contribution in [0.4, 0.5) is 0 Å². The smallest absolute Gasteiger partial charge is 0.136 e. The molecule has 0 aliphatic rings. The average molecular weight is 515 g/mol. The summed E-state index contributed by atoms with van der Waals surface area (Å²) in [5, 5.41) is -0.468.